The average Bonchev–Trinajstić information content (AvgIpc) is 2.84. The van der Waals surface area contributed by atoms with Gasteiger partial charge in [0, 0.05) is 17.7 Å². The number of nitro benzene ring substituents is 1. The number of aromatic nitrogens is 1. The molecule has 0 saturated heterocycles. The van der Waals surface area contributed by atoms with Crippen molar-refractivity contribution in [2.75, 3.05) is 0 Å². The van der Waals surface area contributed by atoms with Gasteiger partial charge in [0.15, 0.2) is 0 Å². The molecule has 0 saturated carbocycles. The Morgan fingerprint density at radius 3 is 2.52 bits per heavy atom. The van der Waals surface area contributed by atoms with Crippen molar-refractivity contribution < 1.29 is 19.2 Å². The quantitative estimate of drug-likeness (QED) is 0.673. The molecule has 1 heterocycles. The van der Waals surface area contributed by atoms with E-state index in [0.29, 0.717) is 10.8 Å². The Bertz CT molecular complexity index is 706. The predicted molar refractivity (Wildman–Crippen MR) is 84.2 cm³/mol. The molecule has 9 heteroatoms. The lowest BCUT2D eigenvalue weighted by atomic mass is 10.1. The van der Waals surface area contributed by atoms with Gasteiger partial charge in [-0.1, -0.05) is 0 Å². The van der Waals surface area contributed by atoms with Crippen molar-refractivity contribution in [3.05, 3.63) is 40.6 Å². The van der Waals surface area contributed by atoms with Crippen LogP contribution in [-0.2, 0) is 0 Å². The van der Waals surface area contributed by atoms with E-state index in [2.05, 4.69) is 10.3 Å². The van der Waals surface area contributed by atoms with Crippen molar-refractivity contribution in [3.8, 4) is 16.0 Å². The number of nitro groups is 1. The number of nitrogens with one attached hydrogen (secondary N) is 1. The number of ether oxygens (including phenoxy) is 2. The predicted octanol–water partition coefficient (Wildman–Crippen LogP) is 3.73. The number of hydrogen-bond donors (Lipinski definition) is 1. The molecule has 0 bridgehead atoms. The molecule has 0 aliphatic carbocycles. The van der Waals surface area contributed by atoms with Crippen LogP contribution >= 0.6 is 11.3 Å². The van der Waals surface area contributed by atoms with Crippen LogP contribution in [-0.4, -0.2) is 21.5 Å². The van der Waals surface area contributed by atoms with Gasteiger partial charge in [0.05, 0.1) is 11.1 Å². The maximum absolute atomic E-state index is 11.6. The molecule has 1 aromatic heterocycles. The van der Waals surface area contributed by atoms with Gasteiger partial charge >= 0.3 is 6.09 Å². The first-order valence-corrected chi connectivity index (χ1v) is 7.43. The Kier molecular flexibility index (Phi) is 4.80. The number of rotatable bonds is 4. The minimum atomic E-state index is -0.603. The second kappa shape index (κ2) is 6.61. The molecule has 0 aliphatic rings. The van der Waals surface area contributed by atoms with Crippen LogP contribution < -0.4 is 14.8 Å². The molecule has 0 atom stereocenters. The Balaban J connectivity index is 1.96. The SMILES string of the molecule is CC(C)(C)NC(=O)Oc1ncc(Oc2ccc([N+](=O)[O-])cc2)s1. The lowest BCUT2D eigenvalue weighted by molar-refractivity contribution is -0.384. The highest BCUT2D eigenvalue weighted by Gasteiger charge is 2.17. The van der Waals surface area contributed by atoms with Gasteiger partial charge in [-0.15, -0.1) is 0 Å². The monoisotopic (exact) mass is 337 g/mol. The zero-order valence-electron chi connectivity index (χ0n) is 12.7. The molecular weight excluding hydrogens is 322 g/mol. The lowest BCUT2D eigenvalue weighted by Crippen LogP contribution is -2.42. The molecule has 0 spiro atoms. The first-order chi connectivity index (χ1) is 10.7. The van der Waals surface area contributed by atoms with Gasteiger partial charge in [-0.25, -0.2) is 9.78 Å². The van der Waals surface area contributed by atoms with E-state index in [1.807, 2.05) is 20.8 Å². The van der Waals surface area contributed by atoms with E-state index in [0.717, 1.165) is 11.3 Å². The fraction of sp³-hybridized carbons (Fsp3) is 0.286. The molecule has 122 valence electrons. The lowest BCUT2D eigenvalue weighted by Gasteiger charge is -2.18. The van der Waals surface area contributed by atoms with Gasteiger partial charge in [-0.05, 0) is 44.2 Å². The number of amides is 1. The van der Waals surface area contributed by atoms with Gasteiger partial charge in [0.25, 0.3) is 10.9 Å². The van der Waals surface area contributed by atoms with Crippen LogP contribution in [0.2, 0.25) is 0 Å². The molecule has 1 N–H and O–H groups in total. The molecule has 8 nitrogen and oxygen atoms in total. The summed E-state index contributed by atoms with van der Waals surface area (Å²) in [6.45, 7) is 5.50. The maximum atomic E-state index is 11.6. The third kappa shape index (κ3) is 5.22. The van der Waals surface area contributed by atoms with Crippen molar-refractivity contribution in [2.24, 2.45) is 0 Å². The Morgan fingerprint density at radius 2 is 1.96 bits per heavy atom. The summed E-state index contributed by atoms with van der Waals surface area (Å²) in [5, 5.41) is 13.8. The highest BCUT2D eigenvalue weighted by atomic mass is 32.1. The molecule has 0 aliphatic heterocycles. The molecule has 0 fully saturated rings. The van der Waals surface area contributed by atoms with E-state index in [4.69, 9.17) is 9.47 Å². The van der Waals surface area contributed by atoms with Gasteiger partial charge in [0.2, 0.25) is 5.06 Å². The van der Waals surface area contributed by atoms with Gasteiger partial charge in [-0.3, -0.25) is 10.1 Å². The first-order valence-electron chi connectivity index (χ1n) is 6.61. The molecule has 2 rings (SSSR count). The number of hydrogen-bond acceptors (Lipinski definition) is 7. The van der Waals surface area contributed by atoms with Crippen LogP contribution in [0.25, 0.3) is 0 Å². The molecule has 2 aromatic rings. The largest absolute Gasteiger partial charge is 0.445 e. The number of non-ortho nitro benzene ring substituents is 1. The number of benzene rings is 1. The van der Waals surface area contributed by atoms with Crippen molar-refractivity contribution in [1.29, 1.82) is 0 Å². The van der Waals surface area contributed by atoms with Gasteiger partial charge in [0.1, 0.15) is 5.75 Å². The molecule has 0 radical (unpaired) electrons. The number of thiazole rings is 1. The second-order valence-corrected chi connectivity index (χ2v) is 6.52. The maximum Gasteiger partial charge on any atom is 0.414 e. The summed E-state index contributed by atoms with van der Waals surface area (Å²) in [5.41, 5.74) is -0.434. The zero-order valence-corrected chi connectivity index (χ0v) is 13.5. The summed E-state index contributed by atoms with van der Waals surface area (Å²) >= 11 is 1.04. The summed E-state index contributed by atoms with van der Waals surface area (Å²) in [7, 11) is 0. The summed E-state index contributed by atoms with van der Waals surface area (Å²) in [4.78, 5) is 25.6. The summed E-state index contributed by atoms with van der Waals surface area (Å²) in [6.07, 6.45) is 0.805. The summed E-state index contributed by atoms with van der Waals surface area (Å²) in [5.74, 6) is 0.421. The van der Waals surface area contributed by atoms with Gasteiger partial charge < -0.3 is 14.8 Å². The van der Waals surface area contributed by atoms with Crippen LogP contribution in [0.15, 0.2) is 30.5 Å². The summed E-state index contributed by atoms with van der Waals surface area (Å²) in [6, 6.07) is 5.63. The smallest absolute Gasteiger partial charge is 0.414 e. The van der Waals surface area contributed by atoms with Crippen LogP contribution in [0.1, 0.15) is 20.8 Å². The third-order valence-electron chi connectivity index (χ3n) is 2.39. The highest BCUT2D eigenvalue weighted by Crippen LogP contribution is 2.32. The minimum Gasteiger partial charge on any atom is -0.445 e. The van der Waals surface area contributed by atoms with E-state index in [1.165, 1.54) is 30.5 Å². The van der Waals surface area contributed by atoms with Gasteiger partial charge in [-0.2, -0.15) is 0 Å². The molecule has 1 amide bonds. The highest BCUT2D eigenvalue weighted by molar-refractivity contribution is 7.15. The van der Waals surface area contributed by atoms with Crippen LogP contribution in [0.5, 0.6) is 16.0 Å². The van der Waals surface area contributed by atoms with Crippen LogP contribution in [0, 0.1) is 10.1 Å². The van der Waals surface area contributed by atoms with E-state index < -0.39 is 16.6 Å². The van der Waals surface area contributed by atoms with Crippen LogP contribution in [0.4, 0.5) is 10.5 Å². The topological polar surface area (TPSA) is 104 Å². The second-order valence-electron chi connectivity index (χ2n) is 5.56. The summed E-state index contributed by atoms with van der Waals surface area (Å²) < 4.78 is 10.5. The normalized spacial score (nSPS) is 10.9. The molecule has 0 unspecified atom stereocenters. The minimum absolute atomic E-state index is 0.0236. The van der Waals surface area contributed by atoms with Crippen molar-refractivity contribution in [3.63, 3.8) is 0 Å². The number of carbonyl (C=O) groups is 1. The third-order valence-corrected chi connectivity index (χ3v) is 3.14. The Hall–Kier alpha value is -2.68. The zero-order chi connectivity index (χ0) is 17.0. The molecular formula is C14H15N3O5S. The number of carbonyl (C=O) groups excluding carboxylic acids is 1. The van der Waals surface area contributed by atoms with Crippen molar-refractivity contribution in [2.45, 2.75) is 26.3 Å². The standard InChI is InChI=1S/C14H15N3O5S/c1-14(2,3)16-12(18)22-13-15-8-11(23-13)21-10-6-4-9(5-7-10)17(19)20/h4-8H,1-3H3,(H,16,18). The first kappa shape index (κ1) is 16.7. The van der Waals surface area contributed by atoms with Crippen molar-refractivity contribution >= 4 is 23.1 Å². The van der Waals surface area contributed by atoms with Crippen LogP contribution in [0.3, 0.4) is 0 Å². The fourth-order valence-electron chi connectivity index (χ4n) is 1.50. The van der Waals surface area contributed by atoms with E-state index in [-0.39, 0.29) is 10.9 Å². The van der Waals surface area contributed by atoms with E-state index in [1.54, 1.807) is 0 Å². The Labute approximate surface area is 136 Å². The Morgan fingerprint density at radius 1 is 1.30 bits per heavy atom. The van der Waals surface area contributed by atoms with E-state index >= 15 is 0 Å². The fourth-order valence-corrected chi connectivity index (χ4v) is 2.14. The molecule has 23 heavy (non-hydrogen) atoms. The van der Waals surface area contributed by atoms with Crippen molar-refractivity contribution in [1.82, 2.24) is 10.3 Å². The molecule has 1 aromatic carbocycles. The average molecular weight is 337 g/mol. The number of nitrogens with zero attached hydrogens (tertiary/aromatic N) is 2. The van der Waals surface area contributed by atoms with E-state index in [9.17, 15) is 14.9 Å².